The molecule has 3 aromatic heterocycles. The van der Waals surface area contributed by atoms with Gasteiger partial charge in [0.2, 0.25) is 5.91 Å². The molecule has 3 aromatic rings. The number of piperazine rings is 1. The van der Waals surface area contributed by atoms with Crippen LogP contribution in [0, 0.1) is 0 Å². The molecule has 0 aromatic carbocycles. The summed E-state index contributed by atoms with van der Waals surface area (Å²) in [7, 11) is 0. The Morgan fingerprint density at radius 1 is 1.07 bits per heavy atom. The third-order valence-electron chi connectivity index (χ3n) is 4.73. The van der Waals surface area contributed by atoms with Gasteiger partial charge in [-0.1, -0.05) is 6.07 Å². The molecule has 1 aliphatic heterocycles. The Kier molecular flexibility index (Phi) is 6.28. The van der Waals surface area contributed by atoms with Gasteiger partial charge in [0.05, 0.1) is 17.0 Å². The van der Waals surface area contributed by atoms with Crippen molar-refractivity contribution < 1.29 is 9.59 Å². The van der Waals surface area contributed by atoms with Crippen molar-refractivity contribution in [3.8, 4) is 0 Å². The SMILES string of the molecule is O=C(Nc1nc(CC(=O)N2CCN(Cc3ccncc3)CC2)cs1)c1cccs1. The number of hydrogen-bond donors (Lipinski definition) is 1. The summed E-state index contributed by atoms with van der Waals surface area (Å²) in [6, 6.07) is 7.65. The minimum Gasteiger partial charge on any atom is -0.340 e. The number of thiazole rings is 1. The average molecular weight is 428 g/mol. The van der Waals surface area contributed by atoms with Crippen molar-refractivity contribution in [2.75, 3.05) is 31.5 Å². The molecule has 0 saturated carbocycles. The Morgan fingerprint density at radius 3 is 2.59 bits per heavy atom. The molecule has 0 aliphatic carbocycles. The van der Waals surface area contributed by atoms with Crippen molar-refractivity contribution in [1.29, 1.82) is 0 Å². The molecule has 0 spiro atoms. The number of anilines is 1. The van der Waals surface area contributed by atoms with E-state index < -0.39 is 0 Å². The second-order valence-corrected chi connectivity index (χ2v) is 8.57. The molecule has 2 amide bonds. The second-order valence-electron chi connectivity index (χ2n) is 6.76. The van der Waals surface area contributed by atoms with Gasteiger partial charge in [-0.15, -0.1) is 22.7 Å². The van der Waals surface area contributed by atoms with Crippen LogP contribution in [0.25, 0.3) is 0 Å². The highest BCUT2D eigenvalue weighted by Gasteiger charge is 2.22. The second kappa shape index (κ2) is 9.25. The van der Waals surface area contributed by atoms with Gasteiger partial charge in [0.1, 0.15) is 0 Å². The smallest absolute Gasteiger partial charge is 0.267 e. The number of hydrogen-bond acceptors (Lipinski definition) is 7. The number of rotatable bonds is 6. The van der Waals surface area contributed by atoms with Crippen LogP contribution in [-0.4, -0.2) is 57.8 Å². The molecule has 4 heterocycles. The molecule has 7 nitrogen and oxygen atoms in total. The normalized spacial score (nSPS) is 14.7. The highest BCUT2D eigenvalue weighted by Crippen LogP contribution is 2.19. The maximum Gasteiger partial charge on any atom is 0.267 e. The van der Waals surface area contributed by atoms with Crippen molar-refractivity contribution in [2.24, 2.45) is 0 Å². The van der Waals surface area contributed by atoms with E-state index in [4.69, 9.17) is 0 Å². The van der Waals surface area contributed by atoms with Gasteiger partial charge >= 0.3 is 0 Å². The van der Waals surface area contributed by atoms with Crippen LogP contribution in [0.2, 0.25) is 0 Å². The summed E-state index contributed by atoms with van der Waals surface area (Å²) in [4.78, 5) is 38.0. The van der Waals surface area contributed by atoms with E-state index in [0.29, 0.717) is 15.7 Å². The standard InChI is InChI=1S/C20H21N5O2S2/c26-18(25-9-7-24(8-10-25)13-15-3-5-21-6-4-15)12-16-14-29-20(22-16)23-19(27)17-2-1-11-28-17/h1-6,11,14H,7-10,12-13H2,(H,22,23,27). The molecule has 1 N–H and O–H groups in total. The quantitative estimate of drug-likeness (QED) is 0.654. The van der Waals surface area contributed by atoms with Crippen molar-refractivity contribution in [3.05, 3.63) is 63.6 Å². The number of pyridine rings is 1. The lowest BCUT2D eigenvalue weighted by molar-refractivity contribution is -0.132. The van der Waals surface area contributed by atoms with Gasteiger partial charge in [0, 0.05) is 50.5 Å². The molecule has 1 aliphatic rings. The first kappa shape index (κ1) is 19.7. The summed E-state index contributed by atoms with van der Waals surface area (Å²) in [5.74, 6) is -0.0902. The van der Waals surface area contributed by atoms with Crippen molar-refractivity contribution in [1.82, 2.24) is 19.8 Å². The Hall–Kier alpha value is -2.62. The van der Waals surface area contributed by atoms with Gasteiger partial charge < -0.3 is 4.90 Å². The van der Waals surface area contributed by atoms with E-state index in [1.54, 1.807) is 18.5 Å². The van der Waals surface area contributed by atoms with Gasteiger partial charge in [0.15, 0.2) is 5.13 Å². The molecule has 0 bridgehead atoms. The summed E-state index contributed by atoms with van der Waals surface area (Å²) in [5.41, 5.74) is 1.93. The number of carbonyl (C=O) groups excluding carboxylic acids is 2. The predicted molar refractivity (Wildman–Crippen MR) is 114 cm³/mol. The molecule has 1 fully saturated rings. The van der Waals surface area contributed by atoms with Gasteiger partial charge in [-0.2, -0.15) is 0 Å². The minimum absolute atomic E-state index is 0.0787. The summed E-state index contributed by atoms with van der Waals surface area (Å²) >= 11 is 2.73. The van der Waals surface area contributed by atoms with E-state index in [0.717, 1.165) is 32.7 Å². The van der Waals surface area contributed by atoms with Crippen LogP contribution in [0.5, 0.6) is 0 Å². The predicted octanol–water partition coefficient (Wildman–Crippen LogP) is 2.74. The fourth-order valence-corrected chi connectivity index (χ4v) is 4.50. The highest BCUT2D eigenvalue weighted by molar-refractivity contribution is 7.14. The van der Waals surface area contributed by atoms with Crippen molar-refractivity contribution in [2.45, 2.75) is 13.0 Å². The molecule has 0 atom stereocenters. The van der Waals surface area contributed by atoms with Crippen LogP contribution in [0.4, 0.5) is 5.13 Å². The highest BCUT2D eigenvalue weighted by atomic mass is 32.1. The molecule has 4 rings (SSSR count). The number of nitrogens with one attached hydrogen (secondary N) is 1. The van der Waals surface area contributed by atoms with Crippen LogP contribution in [0.1, 0.15) is 20.9 Å². The number of amides is 2. The summed E-state index contributed by atoms with van der Waals surface area (Å²) < 4.78 is 0. The monoisotopic (exact) mass is 427 g/mol. The number of carbonyl (C=O) groups is 2. The van der Waals surface area contributed by atoms with Gasteiger partial charge in [-0.05, 0) is 29.1 Å². The fraction of sp³-hybridized carbons (Fsp3) is 0.300. The number of nitrogens with zero attached hydrogens (tertiary/aromatic N) is 4. The largest absolute Gasteiger partial charge is 0.340 e. The summed E-state index contributed by atoms with van der Waals surface area (Å²) in [5, 5.41) is 7.00. The zero-order chi connectivity index (χ0) is 20.1. The van der Waals surface area contributed by atoms with E-state index in [1.807, 2.05) is 33.9 Å². The Balaban J connectivity index is 1.25. The lowest BCUT2D eigenvalue weighted by Gasteiger charge is -2.34. The third-order valence-corrected chi connectivity index (χ3v) is 6.41. The molecule has 29 heavy (non-hydrogen) atoms. The van der Waals surface area contributed by atoms with Crippen LogP contribution in [0.3, 0.4) is 0 Å². The zero-order valence-electron chi connectivity index (χ0n) is 15.8. The maximum atomic E-state index is 12.6. The first-order valence-corrected chi connectivity index (χ1v) is 11.1. The number of aromatic nitrogens is 2. The summed E-state index contributed by atoms with van der Waals surface area (Å²) in [6.07, 6.45) is 3.87. The molecule has 9 heteroatoms. The van der Waals surface area contributed by atoms with Crippen molar-refractivity contribution >= 4 is 39.6 Å². The van der Waals surface area contributed by atoms with E-state index in [1.165, 1.54) is 28.2 Å². The first-order valence-electron chi connectivity index (χ1n) is 9.35. The van der Waals surface area contributed by atoms with Gasteiger partial charge in [0.25, 0.3) is 5.91 Å². The fourth-order valence-electron chi connectivity index (χ4n) is 3.18. The Morgan fingerprint density at radius 2 is 1.86 bits per heavy atom. The van der Waals surface area contributed by atoms with E-state index in [2.05, 4.69) is 20.2 Å². The summed E-state index contributed by atoms with van der Waals surface area (Å²) in [6.45, 7) is 4.02. The Labute approximate surface area is 177 Å². The van der Waals surface area contributed by atoms with Crippen LogP contribution in [-0.2, 0) is 17.8 Å². The molecule has 1 saturated heterocycles. The van der Waals surface area contributed by atoms with Crippen molar-refractivity contribution in [3.63, 3.8) is 0 Å². The van der Waals surface area contributed by atoms with E-state index in [9.17, 15) is 9.59 Å². The first-order chi connectivity index (χ1) is 14.2. The lowest BCUT2D eigenvalue weighted by atomic mass is 10.2. The molecule has 0 unspecified atom stereocenters. The average Bonchev–Trinajstić information content (AvgIpc) is 3.42. The van der Waals surface area contributed by atoms with E-state index in [-0.39, 0.29) is 18.2 Å². The minimum atomic E-state index is -0.169. The van der Waals surface area contributed by atoms with E-state index >= 15 is 0 Å². The van der Waals surface area contributed by atoms with Crippen LogP contribution in [0.15, 0.2) is 47.4 Å². The third kappa shape index (κ3) is 5.26. The van der Waals surface area contributed by atoms with Crippen LogP contribution < -0.4 is 5.32 Å². The molecule has 0 radical (unpaired) electrons. The molecule has 150 valence electrons. The molecular formula is C20H21N5O2S2. The lowest BCUT2D eigenvalue weighted by Crippen LogP contribution is -2.48. The topological polar surface area (TPSA) is 78.4 Å². The molecular weight excluding hydrogens is 406 g/mol. The van der Waals surface area contributed by atoms with Gasteiger partial charge in [-0.25, -0.2) is 4.98 Å². The van der Waals surface area contributed by atoms with Gasteiger partial charge in [-0.3, -0.25) is 24.8 Å². The zero-order valence-corrected chi connectivity index (χ0v) is 17.4. The van der Waals surface area contributed by atoms with Crippen LogP contribution >= 0.6 is 22.7 Å². The Bertz CT molecular complexity index is 950. The maximum absolute atomic E-state index is 12.6. The number of thiophene rings is 1.